The van der Waals surface area contributed by atoms with Crippen molar-refractivity contribution >= 4 is 17.4 Å². The standard InChI is InChI=1S/C10H14ClN3/c1-12-5-7-4-10(13-6-9(7)11)14-8-2-3-8/h4,6,8,12H,2-3,5H2,1H3,(H,13,14). The summed E-state index contributed by atoms with van der Waals surface area (Å²) in [6.07, 6.45) is 4.22. The number of pyridine rings is 1. The monoisotopic (exact) mass is 211 g/mol. The van der Waals surface area contributed by atoms with Gasteiger partial charge in [0.2, 0.25) is 0 Å². The van der Waals surface area contributed by atoms with Crippen molar-refractivity contribution in [3.8, 4) is 0 Å². The Hall–Kier alpha value is -0.800. The van der Waals surface area contributed by atoms with Gasteiger partial charge in [0, 0.05) is 18.8 Å². The van der Waals surface area contributed by atoms with Gasteiger partial charge in [0.05, 0.1) is 5.02 Å². The molecule has 0 aliphatic heterocycles. The van der Waals surface area contributed by atoms with E-state index in [0.717, 1.165) is 22.9 Å². The van der Waals surface area contributed by atoms with Crippen molar-refractivity contribution in [3.63, 3.8) is 0 Å². The number of aromatic nitrogens is 1. The molecule has 0 radical (unpaired) electrons. The summed E-state index contributed by atoms with van der Waals surface area (Å²) < 4.78 is 0. The number of halogens is 1. The summed E-state index contributed by atoms with van der Waals surface area (Å²) >= 11 is 6.00. The molecule has 1 heterocycles. The second-order valence-corrected chi connectivity index (χ2v) is 4.02. The van der Waals surface area contributed by atoms with E-state index in [4.69, 9.17) is 11.6 Å². The highest BCUT2D eigenvalue weighted by atomic mass is 35.5. The third-order valence-corrected chi connectivity index (χ3v) is 2.57. The topological polar surface area (TPSA) is 37.0 Å². The van der Waals surface area contributed by atoms with E-state index < -0.39 is 0 Å². The summed E-state index contributed by atoms with van der Waals surface area (Å²) in [5.41, 5.74) is 1.09. The van der Waals surface area contributed by atoms with Gasteiger partial charge in [-0.3, -0.25) is 0 Å². The molecule has 0 bridgehead atoms. The molecule has 2 rings (SSSR count). The molecule has 0 unspecified atom stereocenters. The van der Waals surface area contributed by atoms with Gasteiger partial charge in [-0.25, -0.2) is 4.98 Å². The minimum absolute atomic E-state index is 0.631. The third kappa shape index (κ3) is 2.36. The van der Waals surface area contributed by atoms with Crippen molar-refractivity contribution in [3.05, 3.63) is 22.8 Å². The van der Waals surface area contributed by atoms with Crippen LogP contribution in [-0.2, 0) is 6.54 Å². The summed E-state index contributed by atoms with van der Waals surface area (Å²) in [5, 5.41) is 7.15. The molecule has 1 aliphatic carbocycles. The van der Waals surface area contributed by atoms with Gasteiger partial charge in [-0.05, 0) is 31.5 Å². The highest BCUT2D eigenvalue weighted by Gasteiger charge is 2.21. The van der Waals surface area contributed by atoms with Crippen LogP contribution >= 0.6 is 11.6 Å². The Kier molecular flexibility index (Phi) is 2.89. The van der Waals surface area contributed by atoms with E-state index in [1.54, 1.807) is 6.20 Å². The summed E-state index contributed by atoms with van der Waals surface area (Å²) in [5.74, 6) is 0.933. The first kappa shape index (κ1) is 9.74. The minimum Gasteiger partial charge on any atom is -0.367 e. The predicted molar refractivity (Wildman–Crippen MR) is 58.7 cm³/mol. The van der Waals surface area contributed by atoms with Crippen LogP contribution in [0.25, 0.3) is 0 Å². The zero-order valence-corrected chi connectivity index (χ0v) is 8.93. The highest BCUT2D eigenvalue weighted by Crippen LogP contribution is 2.25. The van der Waals surface area contributed by atoms with Gasteiger partial charge < -0.3 is 10.6 Å². The molecule has 1 fully saturated rings. The molecule has 0 saturated heterocycles. The summed E-state index contributed by atoms with van der Waals surface area (Å²) in [6, 6.07) is 2.64. The lowest BCUT2D eigenvalue weighted by atomic mass is 10.2. The largest absolute Gasteiger partial charge is 0.367 e. The normalized spacial score (nSPS) is 15.6. The number of nitrogens with one attached hydrogen (secondary N) is 2. The van der Waals surface area contributed by atoms with E-state index in [-0.39, 0.29) is 0 Å². The lowest BCUT2D eigenvalue weighted by molar-refractivity contribution is 0.816. The Labute approximate surface area is 88.9 Å². The maximum Gasteiger partial charge on any atom is 0.126 e. The van der Waals surface area contributed by atoms with Crippen molar-refractivity contribution in [2.24, 2.45) is 0 Å². The Morgan fingerprint density at radius 1 is 1.57 bits per heavy atom. The third-order valence-electron chi connectivity index (χ3n) is 2.23. The van der Waals surface area contributed by atoms with E-state index in [1.807, 2.05) is 13.1 Å². The summed E-state index contributed by atoms with van der Waals surface area (Å²) in [6.45, 7) is 0.778. The summed E-state index contributed by atoms with van der Waals surface area (Å²) in [7, 11) is 1.91. The first-order valence-electron chi connectivity index (χ1n) is 4.85. The van der Waals surface area contributed by atoms with E-state index in [2.05, 4.69) is 15.6 Å². The molecule has 0 spiro atoms. The maximum absolute atomic E-state index is 6.00. The van der Waals surface area contributed by atoms with Crippen molar-refractivity contribution < 1.29 is 0 Å². The van der Waals surface area contributed by atoms with Crippen molar-refractivity contribution in [1.82, 2.24) is 10.3 Å². The van der Waals surface area contributed by atoms with Gasteiger partial charge >= 0.3 is 0 Å². The summed E-state index contributed by atoms with van der Waals surface area (Å²) in [4.78, 5) is 4.23. The van der Waals surface area contributed by atoms with Crippen LogP contribution in [0, 0.1) is 0 Å². The maximum atomic E-state index is 6.00. The molecule has 1 aromatic heterocycles. The zero-order valence-electron chi connectivity index (χ0n) is 8.18. The number of hydrogen-bond acceptors (Lipinski definition) is 3. The van der Waals surface area contributed by atoms with Crippen LogP contribution in [0.2, 0.25) is 5.02 Å². The van der Waals surface area contributed by atoms with Crippen LogP contribution in [0.5, 0.6) is 0 Å². The lowest BCUT2D eigenvalue weighted by Crippen LogP contribution is -2.08. The molecule has 76 valence electrons. The molecule has 1 aliphatic rings. The van der Waals surface area contributed by atoms with E-state index in [1.165, 1.54) is 12.8 Å². The van der Waals surface area contributed by atoms with Gasteiger partial charge in [0.25, 0.3) is 0 Å². The van der Waals surface area contributed by atoms with Crippen LogP contribution in [-0.4, -0.2) is 18.1 Å². The highest BCUT2D eigenvalue weighted by molar-refractivity contribution is 6.31. The lowest BCUT2D eigenvalue weighted by Gasteiger charge is -2.07. The van der Waals surface area contributed by atoms with E-state index in [0.29, 0.717) is 6.04 Å². The Morgan fingerprint density at radius 3 is 3.00 bits per heavy atom. The molecule has 0 atom stereocenters. The quantitative estimate of drug-likeness (QED) is 0.800. The SMILES string of the molecule is CNCc1cc(NC2CC2)ncc1Cl. The Morgan fingerprint density at radius 2 is 2.36 bits per heavy atom. The molecule has 1 aromatic rings. The fourth-order valence-electron chi connectivity index (χ4n) is 1.32. The minimum atomic E-state index is 0.631. The van der Waals surface area contributed by atoms with Gasteiger partial charge in [-0.1, -0.05) is 11.6 Å². The molecule has 4 heteroatoms. The fourth-order valence-corrected chi connectivity index (χ4v) is 1.49. The van der Waals surface area contributed by atoms with Crippen molar-refractivity contribution in [2.75, 3.05) is 12.4 Å². The van der Waals surface area contributed by atoms with Crippen molar-refractivity contribution in [1.29, 1.82) is 0 Å². The predicted octanol–water partition coefficient (Wildman–Crippen LogP) is 2.03. The number of hydrogen-bond donors (Lipinski definition) is 2. The van der Waals surface area contributed by atoms with Gasteiger partial charge in [-0.2, -0.15) is 0 Å². The second-order valence-electron chi connectivity index (χ2n) is 3.61. The molecule has 3 nitrogen and oxygen atoms in total. The Bertz CT molecular complexity index is 323. The smallest absolute Gasteiger partial charge is 0.126 e. The second kappa shape index (κ2) is 4.15. The molecule has 2 N–H and O–H groups in total. The van der Waals surface area contributed by atoms with Gasteiger partial charge in [0.1, 0.15) is 5.82 Å². The average molecular weight is 212 g/mol. The molecule has 0 amide bonds. The van der Waals surface area contributed by atoms with Crippen LogP contribution in [0.15, 0.2) is 12.3 Å². The Balaban J connectivity index is 2.11. The van der Waals surface area contributed by atoms with Gasteiger partial charge in [-0.15, -0.1) is 0 Å². The first-order chi connectivity index (χ1) is 6.79. The molecule has 0 aromatic carbocycles. The molecule has 1 saturated carbocycles. The molecular weight excluding hydrogens is 198 g/mol. The van der Waals surface area contributed by atoms with Gasteiger partial charge in [0.15, 0.2) is 0 Å². The first-order valence-corrected chi connectivity index (χ1v) is 5.23. The molecule has 14 heavy (non-hydrogen) atoms. The number of anilines is 1. The van der Waals surface area contributed by atoms with Crippen molar-refractivity contribution in [2.45, 2.75) is 25.4 Å². The van der Waals surface area contributed by atoms with E-state index in [9.17, 15) is 0 Å². The number of nitrogens with zero attached hydrogens (tertiary/aromatic N) is 1. The van der Waals surface area contributed by atoms with Crippen LogP contribution in [0.1, 0.15) is 18.4 Å². The molecular formula is C10H14ClN3. The van der Waals surface area contributed by atoms with Crippen LogP contribution < -0.4 is 10.6 Å². The van der Waals surface area contributed by atoms with Crippen LogP contribution in [0.4, 0.5) is 5.82 Å². The van der Waals surface area contributed by atoms with E-state index >= 15 is 0 Å². The number of rotatable bonds is 4. The fraction of sp³-hybridized carbons (Fsp3) is 0.500. The average Bonchev–Trinajstić information content (AvgIpc) is 2.95. The zero-order chi connectivity index (χ0) is 9.97. The van der Waals surface area contributed by atoms with Crippen LogP contribution in [0.3, 0.4) is 0 Å².